The van der Waals surface area contributed by atoms with Crippen LogP contribution in [0.4, 0.5) is 0 Å². The van der Waals surface area contributed by atoms with Gasteiger partial charge in [-0.15, -0.1) is 0 Å². The Bertz CT molecular complexity index is 540. The van der Waals surface area contributed by atoms with Gasteiger partial charge in [0.1, 0.15) is 6.33 Å². The fourth-order valence-corrected chi connectivity index (χ4v) is 1.87. The lowest BCUT2D eigenvalue weighted by molar-refractivity contribution is 0.634. The Balaban J connectivity index is 1.77. The van der Waals surface area contributed by atoms with Gasteiger partial charge in [-0.1, -0.05) is 30.3 Å². The standard InChI is InChI=1S/C14H17N5/c1-19-11-17-14(18-19)7-8-16-10-13(9-15)12-5-3-2-4-6-12/h2-6,11,13,16H,7-8,10H2,1H3. The summed E-state index contributed by atoms with van der Waals surface area (Å²) in [7, 11) is 1.85. The van der Waals surface area contributed by atoms with Gasteiger partial charge in [0.15, 0.2) is 5.82 Å². The molecule has 0 fully saturated rings. The van der Waals surface area contributed by atoms with Gasteiger partial charge in [-0.3, -0.25) is 4.68 Å². The van der Waals surface area contributed by atoms with Crippen molar-refractivity contribution in [2.45, 2.75) is 12.3 Å². The number of aromatic nitrogens is 3. The van der Waals surface area contributed by atoms with E-state index in [4.69, 9.17) is 0 Å². The summed E-state index contributed by atoms with van der Waals surface area (Å²) in [5.74, 6) is 0.709. The fraction of sp³-hybridized carbons (Fsp3) is 0.357. The van der Waals surface area contributed by atoms with E-state index in [1.807, 2.05) is 37.4 Å². The summed E-state index contributed by atoms with van der Waals surface area (Å²) in [6.45, 7) is 1.42. The van der Waals surface area contributed by atoms with E-state index in [1.165, 1.54) is 0 Å². The van der Waals surface area contributed by atoms with Crippen molar-refractivity contribution in [3.63, 3.8) is 0 Å². The molecule has 1 unspecified atom stereocenters. The number of rotatable bonds is 6. The first kappa shape index (κ1) is 13.2. The molecule has 1 heterocycles. The van der Waals surface area contributed by atoms with Crippen molar-refractivity contribution < 1.29 is 0 Å². The molecular formula is C14H17N5. The predicted octanol–water partition coefficient (Wildman–Crippen LogP) is 1.25. The van der Waals surface area contributed by atoms with Crippen molar-refractivity contribution in [1.29, 1.82) is 5.26 Å². The van der Waals surface area contributed by atoms with E-state index in [1.54, 1.807) is 11.0 Å². The minimum absolute atomic E-state index is 0.113. The molecule has 5 heteroatoms. The number of nitrogens with zero attached hydrogens (tertiary/aromatic N) is 4. The molecule has 98 valence electrons. The van der Waals surface area contributed by atoms with Crippen LogP contribution in [0.5, 0.6) is 0 Å². The van der Waals surface area contributed by atoms with Crippen LogP contribution in [0.3, 0.4) is 0 Å². The molecule has 19 heavy (non-hydrogen) atoms. The summed E-state index contributed by atoms with van der Waals surface area (Å²) in [4.78, 5) is 4.16. The molecule has 0 radical (unpaired) electrons. The van der Waals surface area contributed by atoms with Crippen molar-refractivity contribution in [2.24, 2.45) is 7.05 Å². The van der Waals surface area contributed by atoms with Crippen LogP contribution in [0.15, 0.2) is 36.7 Å². The van der Waals surface area contributed by atoms with Crippen LogP contribution in [0.1, 0.15) is 17.3 Å². The smallest absolute Gasteiger partial charge is 0.151 e. The van der Waals surface area contributed by atoms with Crippen LogP contribution in [0, 0.1) is 11.3 Å². The van der Waals surface area contributed by atoms with Gasteiger partial charge in [0, 0.05) is 26.6 Å². The minimum Gasteiger partial charge on any atom is -0.315 e. The van der Waals surface area contributed by atoms with Crippen LogP contribution < -0.4 is 5.32 Å². The number of aryl methyl sites for hydroxylation is 1. The average Bonchev–Trinajstić information content (AvgIpc) is 2.86. The molecule has 1 aromatic carbocycles. The molecule has 0 aliphatic heterocycles. The van der Waals surface area contributed by atoms with Crippen LogP contribution >= 0.6 is 0 Å². The molecule has 5 nitrogen and oxygen atoms in total. The van der Waals surface area contributed by atoms with Gasteiger partial charge in [0.05, 0.1) is 12.0 Å². The number of benzene rings is 1. The Hall–Kier alpha value is -2.19. The summed E-state index contributed by atoms with van der Waals surface area (Å²) in [6, 6.07) is 12.2. The molecule has 1 N–H and O–H groups in total. The molecule has 0 saturated heterocycles. The second-order valence-electron chi connectivity index (χ2n) is 4.38. The Labute approximate surface area is 112 Å². The van der Waals surface area contributed by atoms with Crippen LogP contribution in [0.25, 0.3) is 0 Å². The number of nitrogens with one attached hydrogen (secondary N) is 1. The highest BCUT2D eigenvalue weighted by molar-refractivity contribution is 5.24. The number of hydrogen-bond acceptors (Lipinski definition) is 4. The topological polar surface area (TPSA) is 66.5 Å². The van der Waals surface area contributed by atoms with Gasteiger partial charge in [-0.2, -0.15) is 10.4 Å². The molecule has 0 amide bonds. The second kappa shape index (κ2) is 6.66. The van der Waals surface area contributed by atoms with Gasteiger partial charge in [-0.25, -0.2) is 4.98 Å². The summed E-state index contributed by atoms with van der Waals surface area (Å²) in [6.07, 6.45) is 2.46. The molecule has 0 saturated carbocycles. The molecule has 0 bridgehead atoms. The molecule has 2 rings (SSSR count). The highest BCUT2D eigenvalue weighted by atomic mass is 15.3. The summed E-state index contributed by atoms with van der Waals surface area (Å²) in [5.41, 5.74) is 1.05. The molecule has 0 spiro atoms. The molecule has 2 aromatic rings. The maximum Gasteiger partial charge on any atom is 0.151 e. The third-order valence-corrected chi connectivity index (χ3v) is 2.88. The van der Waals surface area contributed by atoms with E-state index < -0.39 is 0 Å². The number of nitriles is 1. The van der Waals surface area contributed by atoms with Crippen molar-refractivity contribution >= 4 is 0 Å². The van der Waals surface area contributed by atoms with Crippen molar-refractivity contribution in [1.82, 2.24) is 20.1 Å². The lowest BCUT2D eigenvalue weighted by Gasteiger charge is -2.10. The van der Waals surface area contributed by atoms with Gasteiger partial charge in [0.2, 0.25) is 0 Å². The maximum atomic E-state index is 9.18. The minimum atomic E-state index is -0.113. The van der Waals surface area contributed by atoms with Crippen LogP contribution in [0.2, 0.25) is 0 Å². The summed E-state index contributed by atoms with van der Waals surface area (Å²) >= 11 is 0. The zero-order valence-electron chi connectivity index (χ0n) is 11.0. The average molecular weight is 255 g/mol. The van der Waals surface area contributed by atoms with Gasteiger partial charge in [-0.05, 0) is 5.56 Å². The third kappa shape index (κ3) is 3.90. The molecular weight excluding hydrogens is 238 g/mol. The first-order valence-corrected chi connectivity index (χ1v) is 6.29. The lowest BCUT2D eigenvalue weighted by atomic mass is 10.0. The zero-order chi connectivity index (χ0) is 13.5. The Morgan fingerprint density at radius 3 is 2.79 bits per heavy atom. The van der Waals surface area contributed by atoms with E-state index in [-0.39, 0.29) is 5.92 Å². The van der Waals surface area contributed by atoms with E-state index in [9.17, 15) is 5.26 Å². The maximum absolute atomic E-state index is 9.18. The Kier molecular flexibility index (Phi) is 4.65. The first-order valence-electron chi connectivity index (χ1n) is 6.29. The lowest BCUT2D eigenvalue weighted by Crippen LogP contribution is -2.23. The fourth-order valence-electron chi connectivity index (χ4n) is 1.87. The number of hydrogen-bond donors (Lipinski definition) is 1. The molecule has 0 aliphatic rings. The SMILES string of the molecule is Cn1cnc(CCNCC(C#N)c2ccccc2)n1. The first-order chi connectivity index (χ1) is 9.29. The van der Waals surface area contributed by atoms with Crippen LogP contribution in [-0.4, -0.2) is 27.9 Å². The predicted molar refractivity (Wildman–Crippen MR) is 72.4 cm³/mol. The van der Waals surface area contributed by atoms with Crippen molar-refractivity contribution in [3.8, 4) is 6.07 Å². The largest absolute Gasteiger partial charge is 0.315 e. The van der Waals surface area contributed by atoms with Gasteiger partial charge >= 0.3 is 0 Å². The highest BCUT2D eigenvalue weighted by Crippen LogP contribution is 2.12. The zero-order valence-corrected chi connectivity index (χ0v) is 11.0. The normalized spacial score (nSPS) is 12.0. The van der Waals surface area contributed by atoms with E-state index in [2.05, 4.69) is 21.5 Å². The Morgan fingerprint density at radius 1 is 1.37 bits per heavy atom. The highest BCUT2D eigenvalue weighted by Gasteiger charge is 2.09. The van der Waals surface area contributed by atoms with E-state index in [0.29, 0.717) is 6.54 Å². The van der Waals surface area contributed by atoms with E-state index in [0.717, 1.165) is 24.4 Å². The summed E-state index contributed by atoms with van der Waals surface area (Å²) < 4.78 is 1.69. The van der Waals surface area contributed by atoms with Crippen molar-refractivity contribution in [3.05, 3.63) is 48.0 Å². The molecule has 1 atom stereocenters. The Morgan fingerprint density at radius 2 is 2.16 bits per heavy atom. The summed E-state index contributed by atoms with van der Waals surface area (Å²) in [5, 5.41) is 16.7. The third-order valence-electron chi connectivity index (χ3n) is 2.88. The quantitative estimate of drug-likeness (QED) is 0.789. The van der Waals surface area contributed by atoms with Gasteiger partial charge in [0.25, 0.3) is 0 Å². The second-order valence-corrected chi connectivity index (χ2v) is 4.38. The van der Waals surface area contributed by atoms with Crippen molar-refractivity contribution in [2.75, 3.05) is 13.1 Å². The molecule has 1 aromatic heterocycles. The molecule has 0 aliphatic carbocycles. The van der Waals surface area contributed by atoms with Gasteiger partial charge < -0.3 is 5.32 Å². The monoisotopic (exact) mass is 255 g/mol. The van der Waals surface area contributed by atoms with E-state index >= 15 is 0 Å². The van der Waals surface area contributed by atoms with Crippen LogP contribution in [-0.2, 0) is 13.5 Å².